The van der Waals surface area contributed by atoms with Gasteiger partial charge in [-0.25, -0.2) is 0 Å². The van der Waals surface area contributed by atoms with Gasteiger partial charge < -0.3 is 14.2 Å². The van der Waals surface area contributed by atoms with Crippen LogP contribution in [0.5, 0.6) is 17.2 Å². The fraction of sp³-hybridized carbons (Fsp3) is 0.211. The highest BCUT2D eigenvalue weighted by Gasteiger charge is 2.10. The largest absolute Gasteiger partial charge is 0.496 e. The second kappa shape index (κ2) is 8.97. The summed E-state index contributed by atoms with van der Waals surface area (Å²) >= 11 is 5.05. The highest BCUT2D eigenvalue weighted by molar-refractivity contribution is 9.10. The van der Waals surface area contributed by atoms with Gasteiger partial charge in [-0.05, 0) is 54.3 Å². The Kier molecular flexibility index (Phi) is 6.96. The van der Waals surface area contributed by atoms with E-state index in [0.717, 1.165) is 14.9 Å². The molecule has 0 aliphatic carbocycles. The number of rotatable bonds is 7. The van der Waals surface area contributed by atoms with Gasteiger partial charge in [0, 0.05) is 14.9 Å². The fourth-order valence-electron chi connectivity index (χ4n) is 2.25. The second-order valence-corrected chi connectivity index (χ2v) is 6.70. The van der Waals surface area contributed by atoms with Crippen LogP contribution in [0.3, 0.4) is 0 Å². The molecule has 0 atom stereocenters. The number of methoxy groups -OCH3 is 3. The van der Waals surface area contributed by atoms with Crippen LogP contribution in [0.2, 0.25) is 0 Å². The Balaban J connectivity index is 2.29. The lowest BCUT2D eigenvalue weighted by atomic mass is 10.1. The van der Waals surface area contributed by atoms with Crippen molar-refractivity contribution < 1.29 is 19.0 Å². The Morgan fingerprint density at radius 3 is 2.24 bits per heavy atom. The number of benzene rings is 2. The summed E-state index contributed by atoms with van der Waals surface area (Å²) in [7, 11) is 4.75. The molecule has 0 unspecified atom stereocenters. The van der Waals surface area contributed by atoms with Gasteiger partial charge in [-0.15, -0.1) is 11.8 Å². The van der Waals surface area contributed by atoms with Crippen LogP contribution in [0.15, 0.2) is 45.8 Å². The molecule has 6 heteroatoms. The summed E-state index contributed by atoms with van der Waals surface area (Å²) in [5, 5.41) is 0. The predicted molar refractivity (Wildman–Crippen MR) is 105 cm³/mol. The summed E-state index contributed by atoms with van der Waals surface area (Å²) in [6.07, 6.45) is 5.23. The minimum atomic E-state index is -0.104. The van der Waals surface area contributed by atoms with Crippen molar-refractivity contribution >= 4 is 39.6 Å². The summed E-state index contributed by atoms with van der Waals surface area (Å²) in [5.74, 6) is 1.81. The molecule has 0 saturated heterocycles. The summed E-state index contributed by atoms with van der Waals surface area (Å²) in [6, 6.07) is 9.05. The van der Waals surface area contributed by atoms with E-state index in [4.69, 9.17) is 14.2 Å². The SMILES string of the molecule is COc1cc(Br)c(/C=C/C(=O)c2ccc(SC)c(OC)c2)cc1OC. The summed E-state index contributed by atoms with van der Waals surface area (Å²) < 4.78 is 16.7. The van der Waals surface area contributed by atoms with Crippen LogP contribution < -0.4 is 14.2 Å². The predicted octanol–water partition coefficient (Wildman–Crippen LogP) is 5.09. The number of carbonyl (C=O) groups is 1. The van der Waals surface area contributed by atoms with Crippen LogP contribution in [-0.4, -0.2) is 33.4 Å². The van der Waals surface area contributed by atoms with Crippen LogP contribution in [-0.2, 0) is 0 Å². The molecule has 25 heavy (non-hydrogen) atoms. The third-order valence-corrected chi connectivity index (χ3v) is 5.05. The van der Waals surface area contributed by atoms with E-state index in [1.807, 2.05) is 18.4 Å². The smallest absolute Gasteiger partial charge is 0.185 e. The van der Waals surface area contributed by atoms with Crippen molar-refractivity contribution in [2.75, 3.05) is 27.6 Å². The zero-order valence-electron chi connectivity index (χ0n) is 14.5. The Bertz CT molecular complexity index is 802. The maximum Gasteiger partial charge on any atom is 0.185 e. The molecule has 0 fully saturated rings. The van der Waals surface area contributed by atoms with Gasteiger partial charge in [0.2, 0.25) is 0 Å². The average Bonchev–Trinajstić information content (AvgIpc) is 2.65. The molecule has 0 aliphatic heterocycles. The highest BCUT2D eigenvalue weighted by Crippen LogP contribution is 2.34. The van der Waals surface area contributed by atoms with E-state index in [1.54, 1.807) is 57.4 Å². The van der Waals surface area contributed by atoms with E-state index >= 15 is 0 Å². The first-order valence-electron chi connectivity index (χ1n) is 7.40. The van der Waals surface area contributed by atoms with Crippen molar-refractivity contribution in [3.05, 3.63) is 52.0 Å². The van der Waals surface area contributed by atoms with E-state index in [0.29, 0.717) is 22.8 Å². The number of ketones is 1. The minimum Gasteiger partial charge on any atom is -0.496 e. The molecule has 2 rings (SSSR count). The maximum absolute atomic E-state index is 12.5. The standard InChI is InChI=1S/C19H19BrO4S/c1-22-16-9-12(14(20)11-17(16)23-2)5-7-15(21)13-6-8-19(25-4)18(10-13)24-3/h5-11H,1-4H3/b7-5+. The molecular weight excluding hydrogens is 404 g/mol. The summed E-state index contributed by atoms with van der Waals surface area (Å²) in [4.78, 5) is 13.4. The number of ether oxygens (including phenoxy) is 3. The van der Waals surface area contributed by atoms with Gasteiger partial charge >= 0.3 is 0 Å². The second-order valence-electron chi connectivity index (χ2n) is 5.00. The van der Waals surface area contributed by atoms with Gasteiger partial charge in [-0.1, -0.05) is 15.9 Å². The van der Waals surface area contributed by atoms with E-state index < -0.39 is 0 Å². The Morgan fingerprint density at radius 1 is 1.00 bits per heavy atom. The van der Waals surface area contributed by atoms with E-state index in [-0.39, 0.29) is 5.78 Å². The number of halogens is 1. The quantitative estimate of drug-likeness (QED) is 0.353. The topological polar surface area (TPSA) is 44.8 Å². The molecule has 0 aliphatic rings. The maximum atomic E-state index is 12.5. The Labute approximate surface area is 160 Å². The first-order valence-corrected chi connectivity index (χ1v) is 9.41. The zero-order valence-corrected chi connectivity index (χ0v) is 16.9. The molecule has 0 aromatic heterocycles. The molecule has 0 saturated carbocycles. The van der Waals surface area contributed by atoms with Gasteiger partial charge in [0.1, 0.15) is 5.75 Å². The number of thioether (sulfide) groups is 1. The van der Waals surface area contributed by atoms with E-state index in [2.05, 4.69) is 15.9 Å². The molecule has 0 radical (unpaired) electrons. The number of hydrogen-bond donors (Lipinski definition) is 0. The normalized spacial score (nSPS) is 10.8. The lowest BCUT2D eigenvalue weighted by molar-refractivity contribution is 0.104. The van der Waals surface area contributed by atoms with E-state index in [1.165, 1.54) is 6.08 Å². The van der Waals surface area contributed by atoms with Crippen LogP contribution in [0.4, 0.5) is 0 Å². The molecule has 0 N–H and O–H groups in total. The zero-order chi connectivity index (χ0) is 18.4. The first-order chi connectivity index (χ1) is 12.0. The van der Waals surface area contributed by atoms with Crippen molar-refractivity contribution in [1.29, 1.82) is 0 Å². The number of hydrogen-bond acceptors (Lipinski definition) is 5. The van der Waals surface area contributed by atoms with Crippen molar-refractivity contribution in [2.24, 2.45) is 0 Å². The molecule has 0 heterocycles. The van der Waals surface area contributed by atoms with Gasteiger partial charge in [0.25, 0.3) is 0 Å². The monoisotopic (exact) mass is 422 g/mol. The molecule has 132 valence electrons. The first kappa shape index (κ1) is 19.4. The Hall–Kier alpha value is -1.92. The highest BCUT2D eigenvalue weighted by atomic mass is 79.9. The van der Waals surface area contributed by atoms with Crippen molar-refractivity contribution in [2.45, 2.75) is 4.90 Å². The van der Waals surface area contributed by atoms with Crippen LogP contribution in [0.1, 0.15) is 15.9 Å². The Morgan fingerprint density at radius 2 is 1.64 bits per heavy atom. The average molecular weight is 423 g/mol. The summed E-state index contributed by atoms with van der Waals surface area (Å²) in [6.45, 7) is 0. The van der Waals surface area contributed by atoms with Gasteiger partial charge in [-0.2, -0.15) is 0 Å². The van der Waals surface area contributed by atoms with Crippen LogP contribution in [0, 0.1) is 0 Å². The van der Waals surface area contributed by atoms with Crippen molar-refractivity contribution in [1.82, 2.24) is 0 Å². The lowest BCUT2D eigenvalue weighted by Gasteiger charge is -2.10. The number of allylic oxidation sites excluding steroid dienone is 1. The lowest BCUT2D eigenvalue weighted by Crippen LogP contribution is -1.97. The molecule has 4 nitrogen and oxygen atoms in total. The van der Waals surface area contributed by atoms with Gasteiger partial charge in [0.05, 0.1) is 21.3 Å². The molecule has 0 amide bonds. The van der Waals surface area contributed by atoms with Crippen LogP contribution >= 0.6 is 27.7 Å². The summed E-state index contributed by atoms with van der Waals surface area (Å²) in [5.41, 5.74) is 1.39. The van der Waals surface area contributed by atoms with Crippen LogP contribution in [0.25, 0.3) is 6.08 Å². The van der Waals surface area contributed by atoms with Crippen molar-refractivity contribution in [3.63, 3.8) is 0 Å². The molecule has 0 spiro atoms. The molecular formula is C19H19BrO4S. The van der Waals surface area contributed by atoms with Crippen molar-refractivity contribution in [3.8, 4) is 17.2 Å². The van der Waals surface area contributed by atoms with Gasteiger partial charge in [-0.3, -0.25) is 4.79 Å². The minimum absolute atomic E-state index is 0.104. The van der Waals surface area contributed by atoms with E-state index in [9.17, 15) is 4.79 Å². The van der Waals surface area contributed by atoms with Gasteiger partial charge in [0.15, 0.2) is 17.3 Å². The third kappa shape index (κ3) is 4.58. The third-order valence-electron chi connectivity index (χ3n) is 3.59. The molecule has 2 aromatic carbocycles. The number of carbonyl (C=O) groups excluding carboxylic acids is 1. The molecule has 2 aromatic rings. The molecule has 0 bridgehead atoms. The fourth-order valence-corrected chi connectivity index (χ4v) is 3.25.